The highest BCUT2D eigenvalue weighted by atomic mass is 32.2. The van der Waals surface area contributed by atoms with E-state index in [9.17, 15) is 29.6 Å². The van der Waals surface area contributed by atoms with Crippen LogP contribution in [0.5, 0.6) is 0 Å². The number of anilines is 2. The van der Waals surface area contributed by atoms with E-state index in [0.29, 0.717) is 22.1 Å². The standard InChI is InChI=1S/C25H28FN3O3S.C23H27N5O3S.C23H21N3O2S2/c1-27-12-9-18(10-13-27)24-17-29(25-8-3-19(26)15-23(24)25)33(30,31)22-6-4-20(5-7-22)28-14-11-21(16-28)32-2;1-26-11-7-17(8-12-26)21-16-28(23-20(21)4-3-10-24-23)32(29,30)19-5-6-22(25-14-19)27-13-9-18(15-27)31-2;1-25-12-9-17(10-13-25)21-16-26(30(27,28)19-5-3-2-4-6-19)22-15-18(7-8-20(21)22)23-24-11-14-29-23/h3-9,15,17,21H,10-14,16H2,1-2H3;3-7,10,14,16,18H,8-9,11-13,15H2,1-2H3;2-9,11,14-16H,10,12-13H2,1H3. The first kappa shape index (κ1) is 65.5. The van der Waals surface area contributed by atoms with Gasteiger partial charge in [-0.1, -0.05) is 48.6 Å². The summed E-state index contributed by atoms with van der Waals surface area (Å²) in [5, 5.41) is 5.22. The van der Waals surface area contributed by atoms with Gasteiger partial charge in [-0.15, -0.1) is 11.3 Å². The Kier molecular flexibility index (Phi) is 19.0. The first-order valence-corrected chi connectivity index (χ1v) is 37.0. The van der Waals surface area contributed by atoms with E-state index in [1.165, 1.54) is 35.8 Å². The van der Waals surface area contributed by atoms with Crippen molar-refractivity contribution in [2.45, 2.75) is 59.0 Å². The third-order valence-corrected chi connectivity index (χ3v) is 24.4. The number of thiazole rings is 1. The number of nitrogens with zero attached hydrogens (tertiary/aromatic N) is 11. The van der Waals surface area contributed by atoms with Gasteiger partial charge in [-0.05, 0) is 155 Å². The summed E-state index contributed by atoms with van der Waals surface area (Å²) in [7, 11) is -1.76. The molecule has 2 fully saturated rings. The molecule has 2 saturated heterocycles. The number of hydrogen-bond acceptors (Lipinski definition) is 17. The van der Waals surface area contributed by atoms with Crippen LogP contribution in [0.15, 0.2) is 191 Å². The Balaban J connectivity index is 0.000000129. The van der Waals surface area contributed by atoms with Crippen molar-refractivity contribution in [2.75, 3.05) is 111 Å². The molecule has 2 unspecified atom stereocenters. The minimum absolute atomic E-state index is 0.148. The van der Waals surface area contributed by atoms with Crippen molar-refractivity contribution in [1.29, 1.82) is 0 Å². The highest BCUT2D eigenvalue weighted by Crippen LogP contribution is 2.39. The molecule has 0 aliphatic carbocycles. The molecule has 5 aliphatic rings. The summed E-state index contributed by atoms with van der Waals surface area (Å²) < 4.78 is 110. The van der Waals surface area contributed by atoms with Crippen molar-refractivity contribution in [3.8, 4) is 10.6 Å². The molecule has 15 rings (SSSR count). The van der Waals surface area contributed by atoms with Crippen molar-refractivity contribution in [1.82, 2.24) is 41.6 Å². The number of benzene rings is 4. The van der Waals surface area contributed by atoms with Crippen molar-refractivity contribution in [2.24, 2.45) is 0 Å². The lowest BCUT2D eigenvalue weighted by Crippen LogP contribution is -2.23. The molecular weight excluding hydrogens is 1280 g/mol. The van der Waals surface area contributed by atoms with Crippen LogP contribution in [0.2, 0.25) is 0 Å². The van der Waals surface area contributed by atoms with Gasteiger partial charge in [0.1, 0.15) is 21.5 Å². The minimum Gasteiger partial charge on any atom is -0.380 e. The summed E-state index contributed by atoms with van der Waals surface area (Å²) in [6.07, 6.45) is 21.3. The molecule has 0 N–H and O–H groups in total. The Morgan fingerprint density at radius 3 is 1.63 bits per heavy atom. The number of methoxy groups -OCH3 is 2. The molecule has 0 spiro atoms. The maximum atomic E-state index is 14.1. The third-order valence-electron chi connectivity index (χ3n) is 18.6. The Morgan fingerprint density at radius 1 is 0.505 bits per heavy atom. The zero-order valence-electron chi connectivity index (χ0n) is 53.7. The summed E-state index contributed by atoms with van der Waals surface area (Å²) in [4.78, 5) is 24.9. The number of halogens is 1. The van der Waals surface area contributed by atoms with Gasteiger partial charge in [0.05, 0.1) is 33.0 Å². The van der Waals surface area contributed by atoms with Crippen molar-refractivity contribution in [3.63, 3.8) is 0 Å². The molecule has 95 heavy (non-hydrogen) atoms. The summed E-state index contributed by atoms with van der Waals surface area (Å²) in [5.74, 6) is 0.382. The van der Waals surface area contributed by atoms with Crippen molar-refractivity contribution >= 4 is 102 Å². The predicted octanol–water partition coefficient (Wildman–Crippen LogP) is 11.3. The average Bonchev–Trinajstić information content (AvgIpc) is 1.63. The van der Waals surface area contributed by atoms with Gasteiger partial charge in [0.15, 0.2) is 5.65 Å². The molecule has 10 aromatic rings. The Hall–Kier alpha value is -8.17. The van der Waals surface area contributed by atoms with E-state index in [1.54, 1.807) is 111 Å². The van der Waals surface area contributed by atoms with Crippen LogP contribution in [-0.2, 0) is 39.5 Å². The van der Waals surface area contributed by atoms with Gasteiger partial charge in [-0.2, -0.15) is 0 Å². The van der Waals surface area contributed by atoms with Crippen molar-refractivity contribution in [3.05, 3.63) is 199 Å². The van der Waals surface area contributed by atoms with Crippen LogP contribution in [0.3, 0.4) is 0 Å². The van der Waals surface area contributed by atoms with Crippen LogP contribution in [0.4, 0.5) is 15.9 Å². The Labute approximate surface area is 558 Å². The fourth-order valence-electron chi connectivity index (χ4n) is 13.1. The molecule has 2 atom stereocenters. The van der Waals surface area contributed by atoms with E-state index in [4.69, 9.17) is 9.47 Å². The fourth-order valence-corrected chi connectivity index (χ4v) is 17.7. The highest BCUT2D eigenvalue weighted by Gasteiger charge is 2.30. The molecule has 0 amide bonds. The summed E-state index contributed by atoms with van der Waals surface area (Å²) in [6.45, 7) is 8.56. The Morgan fingerprint density at radius 2 is 1.06 bits per heavy atom. The van der Waals surface area contributed by atoms with E-state index in [-0.39, 0.29) is 32.7 Å². The normalized spacial score (nSPS) is 18.6. The summed E-state index contributed by atoms with van der Waals surface area (Å²) in [6, 6.07) is 33.0. The van der Waals surface area contributed by atoms with E-state index < -0.39 is 30.1 Å². The molecule has 0 radical (unpaired) electrons. The van der Waals surface area contributed by atoms with Gasteiger partial charge in [0, 0.05) is 166 Å². The summed E-state index contributed by atoms with van der Waals surface area (Å²) in [5.41, 5.74) is 9.60. The number of pyridine rings is 2. The number of hydrogen-bond donors (Lipinski definition) is 0. The van der Waals surface area contributed by atoms with Gasteiger partial charge >= 0.3 is 0 Å². The molecule has 5 aliphatic heterocycles. The molecule has 4 aromatic carbocycles. The zero-order valence-corrected chi connectivity index (χ0v) is 57.0. The number of ether oxygens (including phenoxy) is 2. The molecule has 494 valence electrons. The first-order valence-electron chi connectivity index (χ1n) is 31.8. The van der Waals surface area contributed by atoms with Gasteiger partial charge < -0.3 is 34.0 Å². The van der Waals surface area contributed by atoms with Crippen LogP contribution in [0.1, 0.15) is 48.8 Å². The summed E-state index contributed by atoms with van der Waals surface area (Å²) >= 11 is 1.54. The minimum atomic E-state index is -3.85. The monoisotopic (exact) mass is 1360 g/mol. The predicted molar refractivity (Wildman–Crippen MR) is 375 cm³/mol. The zero-order chi connectivity index (χ0) is 66.2. The van der Waals surface area contributed by atoms with Gasteiger partial charge in [0.2, 0.25) is 0 Å². The molecule has 0 bridgehead atoms. The molecule has 6 aromatic heterocycles. The van der Waals surface area contributed by atoms with Crippen LogP contribution >= 0.6 is 11.3 Å². The molecule has 11 heterocycles. The lowest BCUT2D eigenvalue weighted by Gasteiger charge is -2.21. The van der Waals surface area contributed by atoms with Crippen molar-refractivity contribution < 1.29 is 39.1 Å². The second-order valence-electron chi connectivity index (χ2n) is 24.7. The topological polar surface area (TPSA) is 191 Å². The van der Waals surface area contributed by atoms with Gasteiger partial charge in [-0.3, -0.25) is 0 Å². The molecule has 19 nitrogen and oxygen atoms in total. The maximum Gasteiger partial charge on any atom is 0.270 e. The average molecular weight is 1360 g/mol. The highest BCUT2D eigenvalue weighted by molar-refractivity contribution is 7.90. The molecule has 0 saturated carbocycles. The number of fused-ring (bicyclic) bond motifs is 3. The lowest BCUT2D eigenvalue weighted by atomic mass is 9.98. The van der Waals surface area contributed by atoms with Crippen LogP contribution in [0, 0.1) is 5.82 Å². The maximum absolute atomic E-state index is 14.1. The number of rotatable bonds is 14. The van der Waals surface area contributed by atoms with Crippen LogP contribution in [-0.4, -0.2) is 180 Å². The van der Waals surface area contributed by atoms with E-state index in [0.717, 1.165) is 158 Å². The largest absolute Gasteiger partial charge is 0.380 e. The van der Waals surface area contributed by atoms with Crippen LogP contribution < -0.4 is 9.80 Å². The second kappa shape index (κ2) is 27.5. The number of likely N-dealkylation sites (N-methyl/N-ethyl adjacent to an activating group) is 3. The second-order valence-corrected chi connectivity index (χ2v) is 31.0. The molecular formula is C71H76FN11O8S4. The SMILES string of the molecule is CN1CC=C(c2cn(S(=O)(=O)c3ccccc3)c3cc(-c4nccs4)ccc23)CC1.COC1CCN(c2ccc(S(=O)(=O)n3cc(C4=CCN(C)CC4)c4cc(F)ccc43)cc2)C1.COC1CCN(c2ccc(S(=O)(=O)n3cc(C4=CCN(C)CC4)c4cccnc43)cn2)C1. The third kappa shape index (κ3) is 13.4. The van der Waals surface area contributed by atoms with Gasteiger partial charge in [-0.25, -0.2) is 56.5 Å². The molecule has 24 heteroatoms. The van der Waals surface area contributed by atoms with E-state index in [1.807, 2.05) is 61.0 Å². The first-order chi connectivity index (χ1) is 45.9. The number of aromatic nitrogens is 6. The van der Waals surface area contributed by atoms with Gasteiger partial charge in [0.25, 0.3) is 30.1 Å². The van der Waals surface area contributed by atoms with Crippen LogP contribution in [0.25, 0.3) is 60.1 Å². The smallest absolute Gasteiger partial charge is 0.270 e. The Bertz CT molecular complexity index is 4900. The quantitative estimate of drug-likeness (QED) is 0.0998. The van der Waals surface area contributed by atoms with E-state index in [2.05, 4.69) is 71.8 Å². The lowest BCUT2D eigenvalue weighted by molar-refractivity contribution is 0.121. The fraction of sp³-hybridized carbons (Fsp3) is 0.310. The van der Waals surface area contributed by atoms with E-state index >= 15 is 0 Å².